The average Bonchev–Trinajstić information content (AvgIpc) is 2.38. The molecule has 1 aromatic rings. The van der Waals surface area contributed by atoms with E-state index in [0.29, 0.717) is 11.6 Å². The molecule has 0 radical (unpaired) electrons. The standard InChI is InChI=1S/C14H21ClN2O2/c1-10(9-19-4)16-14(18)17(3)11(2)12-5-7-13(15)8-6-12/h5-8,10-11H,9H2,1-4H3,(H,16,18). The van der Waals surface area contributed by atoms with Crippen LogP contribution < -0.4 is 5.32 Å². The van der Waals surface area contributed by atoms with Gasteiger partial charge in [0.05, 0.1) is 18.7 Å². The Morgan fingerprint density at radius 3 is 2.47 bits per heavy atom. The summed E-state index contributed by atoms with van der Waals surface area (Å²) in [5, 5.41) is 3.57. The zero-order valence-corrected chi connectivity index (χ0v) is 12.6. The molecule has 0 fully saturated rings. The maximum Gasteiger partial charge on any atom is 0.317 e. The van der Waals surface area contributed by atoms with Gasteiger partial charge in [0.15, 0.2) is 0 Å². The number of halogens is 1. The molecule has 0 aromatic heterocycles. The van der Waals surface area contributed by atoms with Gasteiger partial charge in [-0.05, 0) is 31.5 Å². The Hall–Kier alpha value is -1.26. The minimum atomic E-state index is -0.119. The second kappa shape index (κ2) is 7.36. The fraction of sp³-hybridized carbons (Fsp3) is 0.500. The number of hydrogen-bond donors (Lipinski definition) is 1. The Morgan fingerprint density at radius 2 is 1.95 bits per heavy atom. The second-order valence-corrected chi connectivity index (χ2v) is 5.08. The van der Waals surface area contributed by atoms with Crippen molar-refractivity contribution in [2.24, 2.45) is 0 Å². The lowest BCUT2D eigenvalue weighted by Gasteiger charge is -2.27. The SMILES string of the molecule is COCC(C)NC(=O)N(C)C(C)c1ccc(Cl)cc1. The summed E-state index contributed by atoms with van der Waals surface area (Å²) in [6, 6.07) is 7.35. The molecular formula is C14H21ClN2O2. The highest BCUT2D eigenvalue weighted by Gasteiger charge is 2.18. The van der Waals surface area contributed by atoms with E-state index < -0.39 is 0 Å². The van der Waals surface area contributed by atoms with Gasteiger partial charge in [-0.1, -0.05) is 23.7 Å². The lowest BCUT2D eigenvalue weighted by molar-refractivity contribution is 0.158. The lowest BCUT2D eigenvalue weighted by atomic mass is 10.1. The maximum absolute atomic E-state index is 12.0. The molecule has 5 heteroatoms. The molecule has 1 rings (SSSR count). The normalized spacial score (nSPS) is 13.7. The molecule has 0 aliphatic rings. The van der Waals surface area contributed by atoms with Gasteiger partial charge in [0.25, 0.3) is 0 Å². The first-order valence-electron chi connectivity index (χ1n) is 6.23. The third-order valence-electron chi connectivity index (χ3n) is 3.04. The molecule has 0 saturated heterocycles. The number of amides is 2. The van der Waals surface area contributed by atoms with E-state index in [1.54, 1.807) is 19.1 Å². The Kier molecular flexibility index (Phi) is 6.12. The summed E-state index contributed by atoms with van der Waals surface area (Å²) in [4.78, 5) is 13.7. The largest absolute Gasteiger partial charge is 0.383 e. The minimum absolute atomic E-state index is 0.0163. The first-order valence-corrected chi connectivity index (χ1v) is 6.61. The van der Waals surface area contributed by atoms with Gasteiger partial charge < -0.3 is 15.0 Å². The van der Waals surface area contributed by atoms with E-state index in [0.717, 1.165) is 5.56 Å². The van der Waals surface area contributed by atoms with Crippen molar-refractivity contribution in [2.45, 2.75) is 25.9 Å². The van der Waals surface area contributed by atoms with Crippen LogP contribution in [0.1, 0.15) is 25.5 Å². The van der Waals surface area contributed by atoms with Crippen LogP contribution in [0.25, 0.3) is 0 Å². The van der Waals surface area contributed by atoms with E-state index >= 15 is 0 Å². The number of ether oxygens (including phenoxy) is 1. The Morgan fingerprint density at radius 1 is 1.37 bits per heavy atom. The van der Waals surface area contributed by atoms with Gasteiger partial charge in [-0.25, -0.2) is 4.79 Å². The van der Waals surface area contributed by atoms with Gasteiger partial charge in [-0.15, -0.1) is 0 Å². The van der Waals surface area contributed by atoms with Gasteiger partial charge in [0, 0.05) is 19.2 Å². The molecule has 0 aliphatic carbocycles. The Bertz CT molecular complexity index is 408. The second-order valence-electron chi connectivity index (χ2n) is 4.64. The van der Waals surface area contributed by atoms with Crippen LogP contribution >= 0.6 is 11.6 Å². The van der Waals surface area contributed by atoms with Crippen molar-refractivity contribution in [3.63, 3.8) is 0 Å². The molecule has 0 heterocycles. The summed E-state index contributed by atoms with van der Waals surface area (Å²) in [5.74, 6) is 0. The molecule has 2 atom stereocenters. The topological polar surface area (TPSA) is 41.6 Å². The number of benzene rings is 1. The molecule has 2 unspecified atom stereocenters. The highest BCUT2D eigenvalue weighted by molar-refractivity contribution is 6.30. The number of methoxy groups -OCH3 is 1. The summed E-state index contributed by atoms with van der Waals surface area (Å²) in [6.45, 7) is 4.38. The molecule has 1 N–H and O–H groups in total. The summed E-state index contributed by atoms with van der Waals surface area (Å²) in [5.41, 5.74) is 1.04. The number of nitrogens with zero attached hydrogens (tertiary/aromatic N) is 1. The van der Waals surface area contributed by atoms with Crippen LogP contribution in [-0.2, 0) is 4.74 Å². The molecule has 0 spiro atoms. The Labute approximate surface area is 119 Å². The van der Waals surface area contributed by atoms with Crippen molar-refractivity contribution in [2.75, 3.05) is 20.8 Å². The summed E-state index contributed by atoms with van der Waals surface area (Å²) in [6.07, 6.45) is 0. The van der Waals surface area contributed by atoms with Gasteiger partial charge in [-0.2, -0.15) is 0 Å². The quantitative estimate of drug-likeness (QED) is 0.903. The highest BCUT2D eigenvalue weighted by Crippen LogP contribution is 2.20. The van der Waals surface area contributed by atoms with Crippen molar-refractivity contribution in [1.82, 2.24) is 10.2 Å². The summed E-state index contributed by atoms with van der Waals surface area (Å²) in [7, 11) is 3.39. The van der Waals surface area contributed by atoms with Crippen LogP contribution in [0.15, 0.2) is 24.3 Å². The van der Waals surface area contributed by atoms with Crippen LogP contribution in [0.2, 0.25) is 5.02 Å². The minimum Gasteiger partial charge on any atom is -0.383 e. The van der Waals surface area contributed by atoms with Gasteiger partial charge >= 0.3 is 6.03 Å². The fourth-order valence-electron chi connectivity index (χ4n) is 1.75. The molecule has 106 valence electrons. The predicted molar refractivity (Wildman–Crippen MR) is 77.5 cm³/mol. The summed E-state index contributed by atoms with van der Waals surface area (Å²) < 4.78 is 4.99. The molecule has 2 amide bonds. The number of nitrogens with one attached hydrogen (secondary N) is 1. The number of rotatable bonds is 5. The van der Waals surface area contributed by atoms with E-state index in [-0.39, 0.29) is 18.1 Å². The smallest absolute Gasteiger partial charge is 0.317 e. The predicted octanol–water partition coefficient (Wildman–Crippen LogP) is 3.08. The molecule has 0 saturated carbocycles. The van der Waals surface area contributed by atoms with Crippen LogP contribution in [0, 0.1) is 0 Å². The van der Waals surface area contributed by atoms with Gasteiger partial charge in [0.2, 0.25) is 0 Å². The highest BCUT2D eigenvalue weighted by atomic mass is 35.5. The average molecular weight is 285 g/mol. The number of carbonyl (C=O) groups excluding carboxylic acids is 1. The monoisotopic (exact) mass is 284 g/mol. The van der Waals surface area contributed by atoms with Crippen LogP contribution in [0.3, 0.4) is 0 Å². The first-order chi connectivity index (χ1) is 8.95. The third-order valence-corrected chi connectivity index (χ3v) is 3.29. The van der Waals surface area contributed by atoms with Crippen molar-refractivity contribution in [3.8, 4) is 0 Å². The maximum atomic E-state index is 12.0. The van der Waals surface area contributed by atoms with Crippen LogP contribution in [0.5, 0.6) is 0 Å². The molecule has 1 aromatic carbocycles. The fourth-order valence-corrected chi connectivity index (χ4v) is 1.87. The van der Waals surface area contributed by atoms with Crippen molar-refractivity contribution >= 4 is 17.6 Å². The van der Waals surface area contributed by atoms with Gasteiger partial charge in [-0.3, -0.25) is 0 Å². The zero-order valence-electron chi connectivity index (χ0n) is 11.8. The third kappa shape index (κ3) is 4.73. The summed E-state index contributed by atoms with van der Waals surface area (Å²) >= 11 is 5.86. The van der Waals surface area contributed by atoms with Gasteiger partial charge in [0.1, 0.15) is 0 Å². The van der Waals surface area contributed by atoms with Crippen molar-refractivity contribution < 1.29 is 9.53 Å². The van der Waals surface area contributed by atoms with Crippen LogP contribution in [-0.4, -0.2) is 37.7 Å². The molecule has 4 nitrogen and oxygen atoms in total. The molecule has 19 heavy (non-hydrogen) atoms. The van der Waals surface area contributed by atoms with E-state index in [1.807, 2.05) is 38.1 Å². The Balaban J connectivity index is 2.63. The van der Waals surface area contributed by atoms with E-state index in [4.69, 9.17) is 16.3 Å². The molecule has 0 bridgehead atoms. The van der Waals surface area contributed by atoms with E-state index in [2.05, 4.69) is 5.32 Å². The number of hydrogen-bond acceptors (Lipinski definition) is 2. The van der Waals surface area contributed by atoms with E-state index in [1.165, 1.54) is 0 Å². The first kappa shape index (κ1) is 15.8. The number of carbonyl (C=O) groups is 1. The molecular weight excluding hydrogens is 264 g/mol. The van der Waals surface area contributed by atoms with Crippen LogP contribution in [0.4, 0.5) is 4.79 Å². The number of urea groups is 1. The zero-order chi connectivity index (χ0) is 14.4. The van der Waals surface area contributed by atoms with Crippen molar-refractivity contribution in [3.05, 3.63) is 34.9 Å². The van der Waals surface area contributed by atoms with Crippen molar-refractivity contribution in [1.29, 1.82) is 0 Å². The molecule has 0 aliphatic heterocycles. The van der Waals surface area contributed by atoms with E-state index in [9.17, 15) is 4.79 Å². The lowest BCUT2D eigenvalue weighted by Crippen LogP contribution is -2.44.